The van der Waals surface area contributed by atoms with Crippen LogP contribution in [0.2, 0.25) is 0 Å². The molecule has 0 atom stereocenters. The SMILES string of the molecule is COc1cc(C)c(C2(N=C=O)CCC2)cc1C(C)(C)C. The average Bonchev–Trinajstić information content (AvgIpc) is 2.32. The van der Waals surface area contributed by atoms with E-state index in [1.165, 1.54) is 0 Å². The molecule has 1 saturated carbocycles. The number of hydrogen-bond acceptors (Lipinski definition) is 3. The largest absolute Gasteiger partial charge is 0.496 e. The van der Waals surface area contributed by atoms with Crippen LogP contribution in [0.5, 0.6) is 5.75 Å². The number of aliphatic imine (C=N–C) groups is 1. The molecule has 0 aromatic heterocycles. The zero-order chi connectivity index (χ0) is 15.0. The Balaban J connectivity index is 2.63. The van der Waals surface area contributed by atoms with Crippen molar-refractivity contribution >= 4 is 6.08 Å². The van der Waals surface area contributed by atoms with Gasteiger partial charge in [0.1, 0.15) is 5.75 Å². The number of rotatable bonds is 3. The fourth-order valence-electron chi connectivity index (χ4n) is 2.98. The molecule has 0 aliphatic heterocycles. The van der Waals surface area contributed by atoms with Gasteiger partial charge in [0.15, 0.2) is 0 Å². The molecule has 0 saturated heterocycles. The predicted molar refractivity (Wildman–Crippen MR) is 80.1 cm³/mol. The molecule has 0 N–H and O–H groups in total. The third kappa shape index (κ3) is 2.38. The summed E-state index contributed by atoms with van der Waals surface area (Å²) in [5, 5.41) is 0. The highest BCUT2D eigenvalue weighted by Crippen LogP contribution is 2.48. The van der Waals surface area contributed by atoms with Crippen LogP contribution in [0.3, 0.4) is 0 Å². The van der Waals surface area contributed by atoms with Crippen molar-refractivity contribution in [3.05, 3.63) is 28.8 Å². The summed E-state index contributed by atoms with van der Waals surface area (Å²) in [6, 6.07) is 4.24. The van der Waals surface area contributed by atoms with Crippen molar-refractivity contribution in [3.8, 4) is 5.75 Å². The fraction of sp³-hybridized carbons (Fsp3) is 0.588. The van der Waals surface area contributed by atoms with Crippen LogP contribution < -0.4 is 4.74 Å². The Morgan fingerprint density at radius 3 is 2.35 bits per heavy atom. The van der Waals surface area contributed by atoms with Gasteiger partial charge in [0.2, 0.25) is 6.08 Å². The number of nitrogens with zero attached hydrogens (tertiary/aromatic N) is 1. The van der Waals surface area contributed by atoms with Gasteiger partial charge in [-0.2, -0.15) is 4.99 Å². The first kappa shape index (κ1) is 14.8. The summed E-state index contributed by atoms with van der Waals surface area (Å²) in [6.07, 6.45) is 4.74. The minimum absolute atomic E-state index is 0.0103. The van der Waals surface area contributed by atoms with E-state index in [1.54, 1.807) is 13.2 Å². The summed E-state index contributed by atoms with van der Waals surface area (Å²) in [7, 11) is 1.70. The van der Waals surface area contributed by atoms with Gasteiger partial charge in [-0.05, 0) is 60.4 Å². The molecule has 0 heterocycles. The van der Waals surface area contributed by atoms with Gasteiger partial charge in [-0.1, -0.05) is 20.8 Å². The van der Waals surface area contributed by atoms with Gasteiger partial charge in [-0.3, -0.25) is 0 Å². The summed E-state index contributed by atoms with van der Waals surface area (Å²) in [5.41, 5.74) is 3.08. The van der Waals surface area contributed by atoms with Crippen LogP contribution in [-0.2, 0) is 15.7 Å². The Kier molecular flexibility index (Phi) is 3.75. The molecule has 1 aromatic carbocycles. The molecular weight excluding hydrogens is 250 g/mol. The Morgan fingerprint density at radius 2 is 1.95 bits per heavy atom. The Hall–Kier alpha value is -1.60. The maximum atomic E-state index is 10.8. The highest BCUT2D eigenvalue weighted by molar-refractivity contribution is 5.50. The fourth-order valence-corrected chi connectivity index (χ4v) is 2.98. The molecule has 3 heteroatoms. The second-order valence-electron chi connectivity index (χ2n) is 6.71. The number of benzene rings is 1. The van der Waals surface area contributed by atoms with Crippen LogP contribution in [-0.4, -0.2) is 13.2 Å². The van der Waals surface area contributed by atoms with Crippen molar-refractivity contribution in [3.63, 3.8) is 0 Å². The summed E-state index contributed by atoms with van der Waals surface area (Å²) in [5.74, 6) is 0.906. The van der Waals surface area contributed by atoms with Gasteiger partial charge in [-0.25, -0.2) is 4.79 Å². The molecule has 1 aliphatic rings. The minimum atomic E-state index is -0.349. The second-order valence-corrected chi connectivity index (χ2v) is 6.71. The van der Waals surface area contributed by atoms with Gasteiger partial charge < -0.3 is 4.74 Å². The molecule has 2 rings (SSSR count). The minimum Gasteiger partial charge on any atom is -0.496 e. The molecule has 0 amide bonds. The summed E-state index contributed by atoms with van der Waals surface area (Å²) >= 11 is 0. The lowest BCUT2D eigenvalue weighted by molar-refractivity contribution is 0.254. The third-order valence-electron chi connectivity index (χ3n) is 4.30. The lowest BCUT2D eigenvalue weighted by Crippen LogP contribution is -2.33. The Bertz CT molecular complexity index is 559. The van der Waals surface area contributed by atoms with E-state index >= 15 is 0 Å². The molecule has 108 valence electrons. The smallest absolute Gasteiger partial charge is 0.235 e. The van der Waals surface area contributed by atoms with Crippen LogP contribution in [0.1, 0.15) is 56.7 Å². The maximum absolute atomic E-state index is 10.8. The van der Waals surface area contributed by atoms with Gasteiger partial charge in [-0.15, -0.1) is 0 Å². The van der Waals surface area contributed by atoms with Crippen LogP contribution in [0, 0.1) is 6.92 Å². The van der Waals surface area contributed by atoms with Crippen molar-refractivity contribution in [1.82, 2.24) is 0 Å². The number of ether oxygens (including phenoxy) is 1. The number of methoxy groups -OCH3 is 1. The van der Waals surface area contributed by atoms with Crippen molar-refractivity contribution in [2.24, 2.45) is 4.99 Å². The van der Waals surface area contributed by atoms with Crippen molar-refractivity contribution in [2.45, 2.75) is 57.9 Å². The number of carbonyl (C=O) groups excluding carboxylic acids is 1. The molecule has 0 spiro atoms. The highest BCUT2D eigenvalue weighted by Gasteiger charge is 2.40. The van der Waals surface area contributed by atoms with Crippen molar-refractivity contribution in [1.29, 1.82) is 0 Å². The third-order valence-corrected chi connectivity index (χ3v) is 4.30. The summed E-state index contributed by atoms with van der Waals surface area (Å²) in [4.78, 5) is 14.9. The summed E-state index contributed by atoms with van der Waals surface area (Å²) < 4.78 is 5.52. The average molecular weight is 273 g/mol. The number of aryl methyl sites for hydroxylation is 1. The van der Waals surface area contributed by atoms with E-state index in [9.17, 15) is 4.79 Å². The number of hydrogen-bond donors (Lipinski definition) is 0. The lowest BCUT2D eigenvalue weighted by Gasteiger charge is -2.39. The lowest BCUT2D eigenvalue weighted by atomic mass is 9.69. The maximum Gasteiger partial charge on any atom is 0.235 e. The van der Waals surface area contributed by atoms with Crippen LogP contribution in [0.4, 0.5) is 0 Å². The first-order valence-electron chi connectivity index (χ1n) is 7.13. The van der Waals surface area contributed by atoms with E-state index in [1.807, 2.05) is 0 Å². The van der Waals surface area contributed by atoms with E-state index in [2.05, 4.69) is 44.8 Å². The standard InChI is InChI=1S/C17H23NO2/c1-12-9-15(20-5)14(16(2,3)4)10-13(12)17(18-11-19)7-6-8-17/h9-10H,6-8H2,1-5H3. The molecule has 20 heavy (non-hydrogen) atoms. The van der Waals surface area contributed by atoms with Gasteiger partial charge in [0.05, 0.1) is 12.6 Å². The van der Waals surface area contributed by atoms with E-state index in [-0.39, 0.29) is 11.0 Å². The predicted octanol–water partition coefficient (Wildman–Crippen LogP) is 4.02. The Morgan fingerprint density at radius 1 is 1.30 bits per heavy atom. The zero-order valence-electron chi connectivity index (χ0n) is 13.0. The molecule has 0 bridgehead atoms. The molecule has 1 fully saturated rings. The second kappa shape index (κ2) is 5.06. The first-order chi connectivity index (χ1) is 9.34. The van der Waals surface area contributed by atoms with Crippen LogP contribution >= 0.6 is 0 Å². The molecule has 1 aliphatic carbocycles. The molecule has 0 radical (unpaired) electrons. The zero-order valence-corrected chi connectivity index (χ0v) is 13.0. The van der Waals surface area contributed by atoms with E-state index in [0.717, 1.165) is 41.7 Å². The molecule has 3 nitrogen and oxygen atoms in total. The van der Waals surface area contributed by atoms with Crippen LogP contribution in [0.25, 0.3) is 0 Å². The van der Waals surface area contributed by atoms with Crippen LogP contribution in [0.15, 0.2) is 17.1 Å². The topological polar surface area (TPSA) is 38.7 Å². The molecular formula is C17H23NO2. The van der Waals surface area contributed by atoms with E-state index < -0.39 is 0 Å². The normalized spacial score (nSPS) is 17.1. The quantitative estimate of drug-likeness (QED) is 0.616. The molecule has 0 unspecified atom stereocenters. The van der Waals surface area contributed by atoms with E-state index in [4.69, 9.17) is 4.74 Å². The van der Waals surface area contributed by atoms with Gasteiger partial charge in [0, 0.05) is 0 Å². The van der Waals surface area contributed by atoms with Crippen molar-refractivity contribution in [2.75, 3.05) is 7.11 Å². The first-order valence-corrected chi connectivity index (χ1v) is 7.13. The van der Waals surface area contributed by atoms with E-state index in [0.29, 0.717) is 0 Å². The summed E-state index contributed by atoms with van der Waals surface area (Å²) in [6.45, 7) is 8.56. The monoisotopic (exact) mass is 273 g/mol. The Labute approximate surface area is 121 Å². The number of isocyanates is 1. The van der Waals surface area contributed by atoms with Crippen molar-refractivity contribution < 1.29 is 9.53 Å². The molecule has 1 aromatic rings. The van der Waals surface area contributed by atoms with Gasteiger partial charge >= 0.3 is 0 Å². The highest BCUT2D eigenvalue weighted by atomic mass is 16.5. The van der Waals surface area contributed by atoms with Gasteiger partial charge in [0.25, 0.3) is 0 Å².